The highest BCUT2D eigenvalue weighted by atomic mass is 16.2. The number of fused-ring (bicyclic) bond motifs is 1. The van der Waals surface area contributed by atoms with Crippen LogP contribution in [0, 0.1) is 0 Å². The Morgan fingerprint density at radius 3 is 2.59 bits per heavy atom. The first kappa shape index (κ1) is 18.6. The van der Waals surface area contributed by atoms with Gasteiger partial charge in [-0.2, -0.15) is 5.10 Å². The summed E-state index contributed by atoms with van der Waals surface area (Å²) in [6.45, 7) is 0. The number of aromatic nitrogens is 2. The summed E-state index contributed by atoms with van der Waals surface area (Å²) in [5.74, 6) is -1.60. The van der Waals surface area contributed by atoms with Crippen LogP contribution in [0.1, 0.15) is 33.6 Å². The minimum Gasteiger partial charge on any atom is -0.345 e. The Morgan fingerprint density at radius 2 is 1.76 bits per heavy atom. The molecule has 1 atom stereocenters. The van der Waals surface area contributed by atoms with Crippen LogP contribution in [0.3, 0.4) is 0 Å². The molecule has 1 heterocycles. The van der Waals surface area contributed by atoms with Gasteiger partial charge in [-0.3, -0.25) is 19.5 Å². The summed E-state index contributed by atoms with van der Waals surface area (Å²) < 4.78 is 0. The quantitative estimate of drug-likeness (QED) is 0.471. The molecule has 3 aromatic rings. The molecule has 1 aliphatic carbocycles. The highest BCUT2D eigenvalue weighted by molar-refractivity contribution is 6.39. The maximum atomic E-state index is 12.6. The van der Waals surface area contributed by atoms with Crippen molar-refractivity contribution in [2.75, 3.05) is 5.32 Å². The normalized spacial score (nSPS) is 15.2. The maximum absolute atomic E-state index is 12.6. The minimum atomic E-state index is -0.757. The first-order valence-electron chi connectivity index (χ1n) is 9.43. The van der Waals surface area contributed by atoms with Crippen LogP contribution in [0.5, 0.6) is 0 Å². The lowest BCUT2D eigenvalue weighted by Crippen LogP contribution is -2.44. The van der Waals surface area contributed by atoms with E-state index in [1.807, 2.05) is 6.07 Å². The van der Waals surface area contributed by atoms with Crippen LogP contribution < -0.4 is 10.6 Å². The predicted molar refractivity (Wildman–Crippen MR) is 107 cm³/mol. The van der Waals surface area contributed by atoms with E-state index in [-0.39, 0.29) is 11.8 Å². The molecule has 1 aromatic heterocycles. The van der Waals surface area contributed by atoms with Crippen molar-refractivity contribution < 1.29 is 14.4 Å². The third-order valence-electron chi connectivity index (χ3n) is 4.98. The molecule has 1 unspecified atom stereocenters. The third kappa shape index (κ3) is 4.24. The summed E-state index contributed by atoms with van der Waals surface area (Å²) in [7, 11) is 0. The van der Waals surface area contributed by atoms with Crippen molar-refractivity contribution in [2.24, 2.45) is 0 Å². The summed E-state index contributed by atoms with van der Waals surface area (Å²) in [6.07, 6.45) is 3.93. The third-order valence-corrected chi connectivity index (χ3v) is 4.98. The van der Waals surface area contributed by atoms with Gasteiger partial charge in [-0.1, -0.05) is 42.5 Å². The van der Waals surface area contributed by atoms with Gasteiger partial charge in [-0.05, 0) is 37.0 Å². The van der Waals surface area contributed by atoms with Gasteiger partial charge in [0.15, 0.2) is 5.78 Å². The van der Waals surface area contributed by atoms with Gasteiger partial charge in [0.1, 0.15) is 0 Å². The fourth-order valence-electron chi connectivity index (χ4n) is 3.47. The van der Waals surface area contributed by atoms with Crippen molar-refractivity contribution in [3.63, 3.8) is 0 Å². The van der Waals surface area contributed by atoms with Gasteiger partial charge in [0.25, 0.3) is 0 Å². The summed E-state index contributed by atoms with van der Waals surface area (Å²) >= 11 is 0. The van der Waals surface area contributed by atoms with E-state index in [1.54, 1.807) is 54.7 Å². The van der Waals surface area contributed by atoms with E-state index in [2.05, 4.69) is 20.8 Å². The van der Waals surface area contributed by atoms with Crippen LogP contribution in [-0.2, 0) is 22.4 Å². The van der Waals surface area contributed by atoms with E-state index in [9.17, 15) is 14.4 Å². The first-order chi connectivity index (χ1) is 14.1. The number of hydrogen-bond acceptors (Lipinski definition) is 4. The van der Waals surface area contributed by atoms with Gasteiger partial charge in [-0.15, -0.1) is 0 Å². The molecule has 0 radical (unpaired) electrons. The highest BCUT2D eigenvalue weighted by Gasteiger charge is 2.24. The molecule has 0 bridgehead atoms. The second-order valence-electron chi connectivity index (χ2n) is 7.02. The van der Waals surface area contributed by atoms with Crippen LogP contribution in [0.2, 0.25) is 0 Å². The van der Waals surface area contributed by atoms with Crippen LogP contribution in [0.25, 0.3) is 0 Å². The van der Waals surface area contributed by atoms with Crippen LogP contribution >= 0.6 is 0 Å². The number of aromatic amines is 1. The summed E-state index contributed by atoms with van der Waals surface area (Å²) in [6, 6.07) is 15.3. The maximum Gasteiger partial charge on any atom is 0.313 e. The van der Waals surface area contributed by atoms with Gasteiger partial charge >= 0.3 is 11.8 Å². The Hall–Kier alpha value is -3.74. The van der Waals surface area contributed by atoms with Crippen molar-refractivity contribution in [2.45, 2.75) is 25.3 Å². The smallest absolute Gasteiger partial charge is 0.313 e. The predicted octanol–water partition coefficient (Wildman–Crippen LogP) is 2.25. The lowest BCUT2D eigenvalue weighted by atomic mass is 9.93. The second-order valence-corrected chi connectivity index (χ2v) is 7.02. The molecule has 29 heavy (non-hydrogen) atoms. The fourth-order valence-corrected chi connectivity index (χ4v) is 3.47. The number of aryl methyl sites for hydroxylation is 1. The van der Waals surface area contributed by atoms with Crippen LogP contribution in [0.4, 0.5) is 5.69 Å². The average Bonchev–Trinajstić information content (AvgIpc) is 3.22. The Bertz CT molecular complexity index is 1060. The Balaban J connectivity index is 1.38. The lowest BCUT2D eigenvalue weighted by Gasteiger charge is -2.22. The van der Waals surface area contributed by atoms with E-state index in [1.165, 1.54) is 0 Å². The second kappa shape index (κ2) is 8.10. The van der Waals surface area contributed by atoms with Crippen molar-refractivity contribution in [3.8, 4) is 0 Å². The van der Waals surface area contributed by atoms with Crippen molar-refractivity contribution in [1.82, 2.24) is 15.5 Å². The molecule has 0 aliphatic heterocycles. The SMILES string of the molecule is O=C(Nc1cccc(C(=O)c2ccccc2)c1)C(=O)NC1CCc2[nH]ncc2C1. The summed E-state index contributed by atoms with van der Waals surface area (Å²) in [5.41, 5.74) is 3.54. The lowest BCUT2D eigenvalue weighted by molar-refractivity contribution is -0.136. The highest BCUT2D eigenvalue weighted by Crippen LogP contribution is 2.19. The number of H-pyrrole nitrogens is 1. The topological polar surface area (TPSA) is 104 Å². The Kier molecular flexibility index (Phi) is 5.20. The minimum absolute atomic E-state index is 0.107. The Labute approximate surface area is 167 Å². The van der Waals surface area contributed by atoms with E-state index in [0.717, 1.165) is 24.1 Å². The fraction of sp³-hybridized carbons (Fsp3) is 0.182. The van der Waals surface area contributed by atoms with Crippen LogP contribution in [-0.4, -0.2) is 33.8 Å². The molecule has 0 fully saturated rings. The number of amides is 2. The zero-order valence-corrected chi connectivity index (χ0v) is 15.6. The van der Waals surface area contributed by atoms with Crippen molar-refractivity contribution in [1.29, 1.82) is 0 Å². The zero-order chi connectivity index (χ0) is 20.2. The van der Waals surface area contributed by atoms with Crippen molar-refractivity contribution in [3.05, 3.63) is 83.2 Å². The van der Waals surface area contributed by atoms with Gasteiger partial charge in [0, 0.05) is 28.6 Å². The zero-order valence-electron chi connectivity index (χ0n) is 15.6. The average molecular weight is 388 g/mol. The molecule has 7 heteroatoms. The number of carbonyl (C=O) groups is 3. The van der Waals surface area contributed by atoms with E-state index < -0.39 is 11.8 Å². The van der Waals surface area contributed by atoms with Gasteiger partial charge < -0.3 is 10.6 Å². The number of nitrogens with zero attached hydrogens (tertiary/aromatic N) is 1. The summed E-state index contributed by atoms with van der Waals surface area (Å²) in [5, 5.41) is 12.3. The number of ketones is 1. The number of nitrogens with one attached hydrogen (secondary N) is 3. The van der Waals surface area contributed by atoms with E-state index >= 15 is 0 Å². The van der Waals surface area contributed by atoms with E-state index in [4.69, 9.17) is 0 Å². The largest absolute Gasteiger partial charge is 0.345 e. The monoisotopic (exact) mass is 388 g/mol. The number of anilines is 1. The van der Waals surface area contributed by atoms with Crippen LogP contribution in [0.15, 0.2) is 60.8 Å². The Morgan fingerprint density at radius 1 is 0.966 bits per heavy atom. The molecular formula is C22H20N4O3. The molecule has 0 spiro atoms. The van der Waals surface area contributed by atoms with Crippen molar-refractivity contribution >= 4 is 23.3 Å². The standard InChI is InChI=1S/C22H20N4O3/c27-20(14-5-2-1-3-6-14)15-7-4-8-17(11-15)24-21(28)22(29)25-18-9-10-19-16(12-18)13-23-26-19/h1-8,11,13,18H,9-10,12H2,(H,23,26)(H,24,28)(H,25,29). The summed E-state index contributed by atoms with van der Waals surface area (Å²) in [4.78, 5) is 37.2. The molecule has 2 amide bonds. The molecule has 4 rings (SSSR count). The molecule has 2 aromatic carbocycles. The van der Waals surface area contributed by atoms with Gasteiger partial charge in [-0.25, -0.2) is 0 Å². The molecule has 0 saturated carbocycles. The van der Waals surface area contributed by atoms with Gasteiger partial charge in [0.05, 0.1) is 6.20 Å². The molecule has 1 aliphatic rings. The number of benzene rings is 2. The molecule has 3 N–H and O–H groups in total. The van der Waals surface area contributed by atoms with E-state index in [0.29, 0.717) is 23.2 Å². The molecule has 7 nitrogen and oxygen atoms in total. The first-order valence-corrected chi connectivity index (χ1v) is 9.43. The number of hydrogen-bond donors (Lipinski definition) is 3. The number of carbonyl (C=O) groups excluding carboxylic acids is 3. The molecule has 146 valence electrons. The molecule has 0 saturated heterocycles. The number of rotatable bonds is 4. The van der Waals surface area contributed by atoms with Gasteiger partial charge in [0.2, 0.25) is 0 Å². The molecular weight excluding hydrogens is 368 g/mol.